The lowest BCUT2D eigenvalue weighted by molar-refractivity contribution is 0.148. The zero-order valence-electron chi connectivity index (χ0n) is 15.3. The second-order valence-corrected chi connectivity index (χ2v) is 6.93. The second-order valence-electron chi connectivity index (χ2n) is 6.93. The van der Waals surface area contributed by atoms with Crippen molar-refractivity contribution in [3.05, 3.63) is 59.1 Å². The molecule has 0 radical (unpaired) electrons. The standard InChI is InChI=1S/C20H24N6O/c27-19-9-5-10-23-26(19)13-12-25-11-4-3-7-17(25)15-21-20-18-8-2-1-6-16(18)14-22-24-20/h1-2,5-6,8-10,14,17H,3-4,7,11-13,15H2,(H,21,24). The van der Waals surface area contributed by atoms with Gasteiger partial charge in [-0.3, -0.25) is 9.69 Å². The van der Waals surface area contributed by atoms with Gasteiger partial charge in [0.2, 0.25) is 0 Å². The molecule has 0 aliphatic carbocycles. The smallest absolute Gasteiger partial charge is 0.266 e. The normalized spacial score (nSPS) is 17.9. The molecule has 7 nitrogen and oxygen atoms in total. The quantitative estimate of drug-likeness (QED) is 0.722. The number of nitrogens with zero attached hydrogens (tertiary/aromatic N) is 5. The van der Waals surface area contributed by atoms with Crippen molar-refractivity contribution in [3.63, 3.8) is 0 Å². The van der Waals surface area contributed by atoms with Crippen molar-refractivity contribution < 1.29 is 0 Å². The van der Waals surface area contributed by atoms with Gasteiger partial charge in [0.05, 0.1) is 12.7 Å². The first-order chi connectivity index (χ1) is 13.3. The van der Waals surface area contributed by atoms with Crippen LogP contribution in [-0.2, 0) is 6.54 Å². The summed E-state index contributed by atoms with van der Waals surface area (Å²) in [6.07, 6.45) is 7.02. The van der Waals surface area contributed by atoms with Crippen LogP contribution in [0.15, 0.2) is 53.6 Å². The molecule has 140 valence electrons. The Balaban J connectivity index is 1.42. The number of nitrogens with one attached hydrogen (secondary N) is 1. The summed E-state index contributed by atoms with van der Waals surface area (Å²) in [6.45, 7) is 3.31. The van der Waals surface area contributed by atoms with Crippen LogP contribution in [0.2, 0.25) is 0 Å². The van der Waals surface area contributed by atoms with Crippen molar-refractivity contribution >= 4 is 16.6 Å². The first kappa shape index (κ1) is 17.6. The molecule has 1 aliphatic rings. The van der Waals surface area contributed by atoms with Crippen molar-refractivity contribution in [3.8, 4) is 0 Å². The summed E-state index contributed by atoms with van der Waals surface area (Å²) in [4.78, 5) is 14.3. The molecule has 1 fully saturated rings. The lowest BCUT2D eigenvalue weighted by Gasteiger charge is -2.35. The van der Waals surface area contributed by atoms with E-state index < -0.39 is 0 Å². The van der Waals surface area contributed by atoms with E-state index >= 15 is 0 Å². The van der Waals surface area contributed by atoms with E-state index in [0.717, 1.165) is 42.6 Å². The fourth-order valence-corrected chi connectivity index (χ4v) is 3.74. The molecule has 1 atom stereocenters. The van der Waals surface area contributed by atoms with E-state index in [9.17, 15) is 4.79 Å². The molecule has 27 heavy (non-hydrogen) atoms. The molecular weight excluding hydrogens is 340 g/mol. The van der Waals surface area contributed by atoms with Gasteiger partial charge in [0.25, 0.3) is 5.56 Å². The molecule has 2 aromatic heterocycles. The molecule has 3 heterocycles. The Hall–Kier alpha value is -2.80. The zero-order chi connectivity index (χ0) is 18.5. The molecule has 1 unspecified atom stereocenters. The predicted molar refractivity (Wildman–Crippen MR) is 106 cm³/mol. The van der Waals surface area contributed by atoms with Gasteiger partial charge in [-0.25, -0.2) is 4.68 Å². The SMILES string of the molecule is O=c1cccnn1CCN1CCCCC1CNc1nncc2ccccc12. The minimum Gasteiger partial charge on any atom is -0.366 e. The minimum atomic E-state index is -0.0461. The highest BCUT2D eigenvalue weighted by Crippen LogP contribution is 2.21. The number of piperidine rings is 1. The first-order valence-corrected chi connectivity index (χ1v) is 9.52. The molecule has 1 saturated heterocycles. The third-order valence-corrected chi connectivity index (χ3v) is 5.21. The monoisotopic (exact) mass is 364 g/mol. The number of likely N-dealkylation sites (tertiary alicyclic amines) is 1. The van der Waals surface area contributed by atoms with Gasteiger partial charge < -0.3 is 5.32 Å². The average Bonchev–Trinajstić information content (AvgIpc) is 2.72. The number of hydrogen-bond donors (Lipinski definition) is 1. The van der Waals surface area contributed by atoms with Crippen LogP contribution in [0.1, 0.15) is 19.3 Å². The van der Waals surface area contributed by atoms with Crippen LogP contribution < -0.4 is 10.9 Å². The lowest BCUT2D eigenvalue weighted by Crippen LogP contribution is -2.45. The van der Waals surface area contributed by atoms with Gasteiger partial charge >= 0.3 is 0 Å². The molecule has 0 bridgehead atoms. The van der Waals surface area contributed by atoms with Gasteiger partial charge in [-0.2, -0.15) is 10.2 Å². The van der Waals surface area contributed by atoms with E-state index in [0.29, 0.717) is 12.6 Å². The highest BCUT2D eigenvalue weighted by Gasteiger charge is 2.22. The lowest BCUT2D eigenvalue weighted by atomic mass is 10.0. The average molecular weight is 364 g/mol. The number of anilines is 1. The summed E-state index contributed by atoms with van der Waals surface area (Å²) in [5, 5.41) is 18.2. The van der Waals surface area contributed by atoms with E-state index in [1.54, 1.807) is 24.5 Å². The highest BCUT2D eigenvalue weighted by atomic mass is 16.1. The summed E-state index contributed by atoms with van der Waals surface area (Å²) >= 11 is 0. The number of hydrogen-bond acceptors (Lipinski definition) is 6. The molecule has 7 heteroatoms. The van der Waals surface area contributed by atoms with Crippen LogP contribution in [0.25, 0.3) is 10.8 Å². The minimum absolute atomic E-state index is 0.0461. The Labute approximate surface area is 158 Å². The van der Waals surface area contributed by atoms with E-state index in [-0.39, 0.29) is 5.56 Å². The van der Waals surface area contributed by atoms with Crippen LogP contribution in [-0.4, -0.2) is 50.6 Å². The van der Waals surface area contributed by atoms with Crippen molar-refractivity contribution in [2.45, 2.75) is 31.8 Å². The van der Waals surface area contributed by atoms with E-state index in [1.807, 2.05) is 18.2 Å². The molecule has 1 aliphatic heterocycles. The van der Waals surface area contributed by atoms with Crippen molar-refractivity contribution in [2.24, 2.45) is 0 Å². The summed E-state index contributed by atoms with van der Waals surface area (Å²) in [7, 11) is 0. The Morgan fingerprint density at radius 3 is 2.96 bits per heavy atom. The Morgan fingerprint density at radius 1 is 1.11 bits per heavy atom. The summed E-state index contributed by atoms with van der Waals surface area (Å²) in [5.74, 6) is 0.833. The van der Waals surface area contributed by atoms with Crippen LogP contribution in [0, 0.1) is 0 Å². The highest BCUT2D eigenvalue weighted by molar-refractivity contribution is 5.90. The van der Waals surface area contributed by atoms with E-state index in [2.05, 4.69) is 31.6 Å². The van der Waals surface area contributed by atoms with Crippen molar-refractivity contribution in [1.29, 1.82) is 0 Å². The van der Waals surface area contributed by atoms with Crippen LogP contribution in [0.5, 0.6) is 0 Å². The molecule has 4 rings (SSSR count). The maximum absolute atomic E-state index is 11.9. The van der Waals surface area contributed by atoms with Gasteiger partial charge in [-0.15, -0.1) is 5.10 Å². The largest absolute Gasteiger partial charge is 0.366 e. The number of aromatic nitrogens is 4. The van der Waals surface area contributed by atoms with Crippen LogP contribution >= 0.6 is 0 Å². The fourth-order valence-electron chi connectivity index (χ4n) is 3.74. The molecular formula is C20H24N6O. The maximum atomic E-state index is 11.9. The molecule has 0 spiro atoms. The summed E-state index contributed by atoms with van der Waals surface area (Å²) < 4.78 is 1.54. The van der Waals surface area contributed by atoms with E-state index in [1.165, 1.54) is 17.5 Å². The molecule has 1 aromatic carbocycles. The Kier molecular flexibility index (Phi) is 5.39. The number of fused-ring (bicyclic) bond motifs is 1. The maximum Gasteiger partial charge on any atom is 0.266 e. The molecule has 3 aromatic rings. The fraction of sp³-hybridized carbons (Fsp3) is 0.400. The Morgan fingerprint density at radius 2 is 2.04 bits per heavy atom. The topological polar surface area (TPSA) is 75.9 Å². The van der Waals surface area contributed by atoms with Gasteiger partial charge in [0.15, 0.2) is 5.82 Å². The zero-order valence-corrected chi connectivity index (χ0v) is 15.3. The van der Waals surface area contributed by atoms with E-state index in [4.69, 9.17) is 0 Å². The van der Waals surface area contributed by atoms with Crippen LogP contribution in [0.3, 0.4) is 0 Å². The van der Waals surface area contributed by atoms with Gasteiger partial charge in [-0.1, -0.05) is 30.7 Å². The first-order valence-electron chi connectivity index (χ1n) is 9.52. The van der Waals surface area contributed by atoms with Crippen molar-refractivity contribution in [2.75, 3.05) is 25.0 Å². The Bertz CT molecular complexity index is 951. The third-order valence-electron chi connectivity index (χ3n) is 5.21. The van der Waals surface area contributed by atoms with Crippen molar-refractivity contribution in [1.82, 2.24) is 24.9 Å². The van der Waals surface area contributed by atoms with Gasteiger partial charge in [0, 0.05) is 42.2 Å². The number of benzene rings is 1. The molecule has 0 saturated carbocycles. The summed E-state index contributed by atoms with van der Waals surface area (Å²) in [5.41, 5.74) is -0.0461. The second kappa shape index (κ2) is 8.26. The van der Waals surface area contributed by atoms with Gasteiger partial charge in [0.1, 0.15) is 0 Å². The van der Waals surface area contributed by atoms with Crippen LogP contribution in [0.4, 0.5) is 5.82 Å². The predicted octanol–water partition coefficient (Wildman–Crippen LogP) is 2.15. The molecule has 1 N–H and O–H groups in total. The van der Waals surface area contributed by atoms with Gasteiger partial charge in [-0.05, 0) is 25.5 Å². The summed E-state index contributed by atoms with van der Waals surface area (Å²) in [6, 6.07) is 11.8. The molecule has 0 amide bonds. The number of rotatable bonds is 6. The third kappa shape index (κ3) is 4.14.